The number of nitro benzene ring substituents is 1. The second-order valence-electron chi connectivity index (χ2n) is 7.73. The molecule has 1 aromatic heterocycles. The first-order valence-corrected chi connectivity index (χ1v) is 9.67. The van der Waals surface area contributed by atoms with Crippen molar-refractivity contribution in [2.24, 2.45) is 5.92 Å². The largest absolute Gasteiger partial charge is 0.354 e. The minimum absolute atomic E-state index is 0.0174. The smallest absolute Gasteiger partial charge is 0.270 e. The Hall–Kier alpha value is -3.23. The van der Waals surface area contributed by atoms with E-state index in [1.54, 1.807) is 0 Å². The lowest BCUT2D eigenvalue weighted by Crippen LogP contribution is -2.43. The standard InChI is InChI=1S/C20H24N4O5/c1-11(2)21-19(26)12-4-3-5-13(8-12)22-20(27)16-10-18(25)23-17-7-6-14(24(28)29)9-15(16)17/h6-7,9-13H,3-5,8H2,1-2H3,(H,21,26)(H,22,27)(H,23,25). The van der Waals surface area contributed by atoms with E-state index in [1.165, 1.54) is 18.2 Å². The second-order valence-corrected chi connectivity index (χ2v) is 7.73. The van der Waals surface area contributed by atoms with Crippen molar-refractivity contribution >= 4 is 28.4 Å². The number of aromatic nitrogens is 1. The van der Waals surface area contributed by atoms with Gasteiger partial charge < -0.3 is 15.6 Å². The van der Waals surface area contributed by atoms with Gasteiger partial charge in [-0.1, -0.05) is 6.42 Å². The van der Waals surface area contributed by atoms with E-state index in [0.717, 1.165) is 25.3 Å². The summed E-state index contributed by atoms with van der Waals surface area (Å²) in [5, 5.41) is 17.2. The molecule has 1 fully saturated rings. The SMILES string of the molecule is CC(C)NC(=O)C1CCCC(NC(=O)c2cc(=O)[nH]c3ccc([N+](=O)[O-])cc23)C1. The number of benzene rings is 1. The maximum Gasteiger partial charge on any atom is 0.270 e. The Morgan fingerprint density at radius 2 is 2.00 bits per heavy atom. The molecule has 2 amide bonds. The van der Waals surface area contributed by atoms with Gasteiger partial charge in [-0.3, -0.25) is 24.5 Å². The minimum Gasteiger partial charge on any atom is -0.354 e. The zero-order valence-corrected chi connectivity index (χ0v) is 16.4. The highest BCUT2D eigenvalue weighted by molar-refractivity contribution is 6.06. The van der Waals surface area contributed by atoms with Gasteiger partial charge in [0.2, 0.25) is 11.5 Å². The highest BCUT2D eigenvalue weighted by Gasteiger charge is 2.29. The maximum absolute atomic E-state index is 12.9. The van der Waals surface area contributed by atoms with E-state index in [4.69, 9.17) is 0 Å². The van der Waals surface area contributed by atoms with Gasteiger partial charge >= 0.3 is 0 Å². The fourth-order valence-electron chi connectivity index (χ4n) is 3.77. The van der Waals surface area contributed by atoms with Crippen LogP contribution in [0.5, 0.6) is 0 Å². The number of nitro groups is 1. The number of hydrogen-bond donors (Lipinski definition) is 3. The number of carbonyl (C=O) groups excluding carboxylic acids is 2. The Bertz CT molecular complexity index is 1010. The van der Waals surface area contributed by atoms with Gasteiger partial charge in [0.15, 0.2) is 0 Å². The van der Waals surface area contributed by atoms with Gasteiger partial charge in [-0.25, -0.2) is 0 Å². The first-order valence-electron chi connectivity index (χ1n) is 9.67. The van der Waals surface area contributed by atoms with Crippen LogP contribution in [0, 0.1) is 16.0 Å². The Labute approximate surface area is 167 Å². The van der Waals surface area contributed by atoms with Crippen LogP contribution in [0.15, 0.2) is 29.1 Å². The van der Waals surface area contributed by atoms with Crippen LogP contribution in [-0.4, -0.2) is 33.8 Å². The first-order chi connectivity index (χ1) is 13.7. The monoisotopic (exact) mass is 400 g/mol. The lowest BCUT2D eigenvalue weighted by Gasteiger charge is -2.29. The van der Waals surface area contributed by atoms with Crippen molar-refractivity contribution in [2.45, 2.75) is 51.6 Å². The van der Waals surface area contributed by atoms with Crippen molar-refractivity contribution in [1.29, 1.82) is 0 Å². The van der Waals surface area contributed by atoms with Crippen molar-refractivity contribution in [1.82, 2.24) is 15.6 Å². The van der Waals surface area contributed by atoms with E-state index in [1.807, 2.05) is 13.8 Å². The summed E-state index contributed by atoms with van der Waals surface area (Å²) < 4.78 is 0. The van der Waals surface area contributed by atoms with Crippen LogP contribution in [0.1, 0.15) is 49.9 Å². The van der Waals surface area contributed by atoms with Crippen molar-refractivity contribution in [2.75, 3.05) is 0 Å². The molecule has 154 valence electrons. The summed E-state index contributed by atoms with van der Waals surface area (Å²) in [7, 11) is 0. The number of non-ortho nitro benzene ring substituents is 1. The molecule has 9 heteroatoms. The number of H-pyrrole nitrogens is 1. The van der Waals surface area contributed by atoms with Gasteiger partial charge in [-0.15, -0.1) is 0 Å². The Morgan fingerprint density at radius 1 is 1.24 bits per heavy atom. The fourth-order valence-corrected chi connectivity index (χ4v) is 3.77. The summed E-state index contributed by atoms with van der Waals surface area (Å²) in [6, 6.07) is 4.97. The molecule has 1 aromatic carbocycles. The van der Waals surface area contributed by atoms with E-state index in [2.05, 4.69) is 15.6 Å². The fraction of sp³-hybridized carbons (Fsp3) is 0.450. The van der Waals surface area contributed by atoms with E-state index in [-0.39, 0.29) is 35.2 Å². The van der Waals surface area contributed by atoms with Crippen LogP contribution >= 0.6 is 0 Å². The van der Waals surface area contributed by atoms with E-state index in [0.29, 0.717) is 17.3 Å². The molecule has 1 aliphatic carbocycles. The Kier molecular flexibility index (Phi) is 5.95. The number of rotatable bonds is 5. The summed E-state index contributed by atoms with van der Waals surface area (Å²) in [5.41, 5.74) is -0.191. The molecule has 3 rings (SSSR count). The predicted molar refractivity (Wildman–Crippen MR) is 108 cm³/mol. The highest BCUT2D eigenvalue weighted by Crippen LogP contribution is 2.26. The third-order valence-electron chi connectivity index (χ3n) is 5.09. The molecular weight excluding hydrogens is 376 g/mol. The molecule has 9 nitrogen and oxygen atoms in total. The molecule has 0 radical (unpaired) electrons. The predicted octanol–water partition coefficient (Wildman–Crippen LogP) is 2.25. The molecule has 0 saturated heterocycles. The molecule has 0 bridgehead atoms. The molecule has 0 aliphatic heterocycles. The normalized spacial score (nSPS) is 19.1. The molecule has 1 heterocycles. The van der Waals surface area contributed by atoms with Gasteiger partial charge in [-0.05, 0) is 39.2 Å². The minimum atomic E-state index is -0.550. The maximum atomic E-state index is 12.9. The van der Waals surface area contributed by atoms with Gasteiger partial charge in [0.1, 0.15) is 0 Å². The zero-order chi connectivity index (χ0) is 21.1. The summed E-state index contributed by atoms with van der Waals surface area (Å²) in [5.74, 6) is -0.666. The van der Waals surface area contributed by atoms with E-state index >= 15 is 0 Å². The number of nitrogens with zero attached hydrogens (tertiary/aromatic N) is 1. The van der Waals surface area contributed by atoms with Crippen molar-refractivity contribution < 1.29 is 14.5 Å². The lowest BCUT2D eigenvalue weighted by molar-refractivity contribution is -0.384. The molecule has 2 aromatic rings. The number of nitrogens with one attached hydrogen (secondary N) is 3. The number of fused-ring (bicyclic) bond motifs is 1. The summed E-state index contributed by atoms with van der Waals surface area (Å²) in [6.45, 7) is 3.80. The van der Waals surface area contributed by atoms with Gasteiger partial charge in [0.05, 0.1) is 10.5 Å². The molecule has 2 atom stereocenters. The highest BCUT2D eigenvalue weighted by atomic mass is 16.6. The van der Waals surface area contributed by atoms with Crippen molar-refractivity contribution in [3.63, 3.8) is 0 Å². The van der Waals surface area contributed by atoms with E-state index in [9.17, 15) is 24.5 Å². The number of carbonyl (C=O) groups is 2. The number of hydrogen-bond acceptors (Lipinski definition) is 5. The molecule has 2 unspecified atom stereocenters. The Balaban J connectivity index is 1.82. The molecule has 0 spiro atoms. The van der Waals surface area contributed by atoms with Gasteiger partial charge in [0, 0.05) is 47.1 Å². The number of amides is 2. The second kappa shape index (κ2) is 8.42. The number of aromatic amines is 1. The van der Waals surface area contributed by atoms with E-state index < -0.39 is 16.4 Å². The van der Waals surface area contributed by atoms with Crippen LogP contribution < -0.4 is 16.2 Å². The van der Waals surface area contributed by atoms with Crippen LogP contribution in [-0.2, 0) is 4.79 Å². The first kappa shape index (κ1) is 20.5. The third kappa shape index (κ3) is 4.79. The molecule has 3 N–H and O–H groups in total. The van der Waals surface area contributed by atoms with Crippen LogP contribution in [0.3, 0.4) is 0 Å². The quantitative estimate of drug-likeness (QED) is 0.523. The average Bonchev–Trinajstić information content (AvgIpc) is 2.66. The van der Waals surface area contributed by atoms with Gasteiger partial charge in [0.25, 0.3) is 11.6 Å². The van der Waals surface area contributed by atoms with Crippen molar-refractivity contribution in [3.05, 3.63) is 50.3 Å². The number of pyridine rings is 1. The summed E-state index contributed by atoms with van der Waals surface area (Å²) in [6.07, 6.45) is 2.83. The summed E-state index contributed by atoms with van der Waals surface area (Å²) in [4.78, 5) is 50.2. The summed E-state index contributed by atoms with van der Waals surface area (Å²) >= 11 is 0. The zero-order valence-electron chi connectivity index (χ0n) is 16.4. The van der Waals surface area contributed by atoms with Crippen molar-refractivity contribution in [3.8, 4) is 0 Å². The molecule has 29 heavy (non-hydrogen) atoms. The van der Waals surface area contributed by atoms with Crippen LogP contribution in [0.4, 0.5) is 5.69 Å². The van der Waals surface area contributed by atoms with Crippen LogP contribution in [0.25, 0.3) is 10.9 Å². The lowest BCUT2D eigenvalue weighted by atomic mass is 9.85. The average molecular weight is 400 g/mol. The van der Waals surface area contributed by atoms with Crippen LogP contribution in [0.2, 0.25) is 0 Å². The topological polar surface area (TPSA) is 134 Å². The molecule has 1 aliphatic rings. The Morgan fingerprint density at radius 3 is 2.69 bits per heavy atom. The third-order valence-corrected chi connectivity index (χ3v) is 5.09. The molecule has 1 saturated carbocycles. The molecular formula is C20H24N4O5. The van der Waals surface area contributed by atoms with Gasteiger partial charge in [-0.2, -0.15) is 0 Å².